The summed E-state index contributed by atoms with van der Waals surface area (Å²) in [6.45, 7) is 0.573. The first-order valence-corrected chi connectivity index (χ1v) is 7.67. The molecule has 0 aliphatic rings. The van der Waals surface area contributed by atoms with Crippen LogP contribution in [0.3, 0.4) is 0 Å². The molecule has 0 bridgehead atoms. The third-order valence-corrected chi connectivity index (χ3v) is 4.15. The van der Waals surface area contributed by atoms with Gasteiger partial charge < -0.3 is 5.32 Å². The van der Waals surface area contributed by atoms with Gasteiger partial charge in [0.1, 0.15) is 0 Å². The first kappa shape index (κ1) is 15.8. The zero-order valence-corrected chi connectivity index (χ0v) is 13.1. The SMILES string of the molecule is FC(F)(F)c1cnn(-c2ccc(NCc3cnc(Cl)s3)cc2)c1. The predicted molar refractivity (Wildman–Crippen MR) is 83.0 cm³/mol. The second-order valence-corrected chi connectivity index (χ2v) is 6.35. The van der Waals surface area contributed by atoms with Crippen LogP contribution in [0.2, 0.25) is 4.47 Å². The number of alkyl halides is 3. The highest BCUT2D eigenvalue weighted by molar-refractivity contribution is 7.15. The Morgan fingerprint density at radius 1 is 1.17 bits per heavy atom. The van der Waals surface area contributed by atoms with Crippen molar-refractivity contribution in [2.24, 2.45) is 0 Å². The molecule has 0 aliphatic heterocycles. The number of hydrogen-bond acceptors (Lipinski definition) is 4. The average molecular weight is 359 g/mol. The van der Waals surface area contributed by atoms with Gasteiger partial charge in [0.15, 0.2) is 4.47 Å². The Morgan fingerprint density at radius 3 is 2.48 bits per heavy atom. The number of hydrogen-bond donors (Lipinski definition) is 1. The summed E-state index contributed by atoms with van der Waals surface area (Å²) in [5.74, 6) is 0. The van der Waals surface area contributed by atoms with Gasteiger partial charge in [-0.05, 0) is 24.3 Å². The number of nitrogens with zero attached hydrogens (tertiary/aromatic N) is 3. The maximum Gasteiger partial charge on any atom is 0.419 e. The highest BCUT2D eigenvalue weighted by atomic mass is 35.5. The number of anilines is 1. The van der Waals surface area contributed by atoms with Crippen molar-refractivity contribution in [3.8, 4) is 5.69 Å². The summed E-state index contributed by atoms with van der Waals surface area (Å²) in [5.41, 5.74) is 0.607. The van der Waals surface area contributed by atoms with E-state index in [4.69, 9.17) is 11.6 Å². The molecule has 0 saturated heterocycles. The van der Waals surface area contributed by atoms with Crippen LogP contribution in [0.15, 0.2) is 42.9 Å². The van der Waals surface area contributed by atoms with Gasteiger partial charge in [0, 0.05) is 23.0 Å². The lowest BCUT2D eigenvalue weighted by Gasteiger charge is -2.06. The Morgan fingerprint density at radius 2 is 1.91 bits per heavy atom. The van der Waals surface area contributed by atoms with Crippen LogP contribution < -0.4 is 5.32 Å². The van der Waals surface area contributed by atoms with Crippen molar-refractivity contribution in [2.45, 2.75) is 12.7 Å². The molecular formula is C14H10ClF3N4S. The molecule has 0 aliphatic carbocycles. The van der Waals surface area contributed by atoms with Crippen LogP contribution in [0.25, 0.3) is 5.69 Å². The van der Waals surface area contributed by atoms with Crippen molar-refractivity contribution in [1.29, 1.82) is 0 Å². The lowest BCUT2D eigenvalue weighted by molar-refractivity contribution is -0.137. The summed E-state index contributed by atoms with van der Waals surface area (Å²) < 4.78 is 39.4. The summed E-state index contributed by atoms with van der Waals surface area (Å²) in [6, 6.07) is 6.92. The molecule has 1 N–H and O–H groups in total. The van der Waals surface area contributed by atoms with Gasteiger partial charge in [-0.3, -0.25) is 0 Å². The Hall–Kier alpha value is -2.06. The van der Waals surface area contributed by atoms with Gasteiger partial charge in [-0.25, -0.2) is 9.67 Å². The zero-order chi connectivity index (χ0) is 16.4. The Labute approximate surface area is 138 Å². The van der Waals surface area contributed by atoms with Crippen molar-refractivity contribution in [1.82, 2.24) is 14.8 Å². The van der Waals surface area contributed by atoms with Crippen molar-refractivity contribution in [3.05, 3.63) is 57.8 Å². The summed E-state index contributed by atoms with van der Waals surface area (Å²) in [6.07, 6.45) is -0.937. The van der Waals surface area contributed by atoms with Gasteiger partial charge in [-0.15, -0.1) is 11.3 Å². The van der Waals surface area contributed by atoms with Crippen LogP contribution in [0.4, 0.5) is 18.9 Å². The first-order chi connectivity index (χ1) is 10.9. The van der Waals surface area contributed by atoms with E-state index in [1.807, 2.05) is 0 Å². The minimum absolute atomic E-state index is 0.483. The Bertz CT molecular complexity index is 795. The second kappa shape index (κ2) is 6.21. The molecule has 9 heteroatoms. The Balaban J connectivity index is 1.68. The molecule has 0 radical (unpaired) electrons. The average Bonchev–Trinajstić information content (AvgIpc) is 3.14. The molecule has 0 atom stereocenters. The van der Waals surface area contributed by atoms with Crippen molar-refractivity contribution in [2.75, 3.05) is 5.32 Å². The van der Waals surface area contributed by atoms with Crippen LogP contribution in [-0.2, 0) is 12.7 Å². The van der Waals surface area contributed by atoms with E-state index in [0.29, 0.717) is 16.7 Å². The third kappa shape index (κ3) is 3.83. The highest BCUT2D eigenvalue weighted by Gasteiger charge is 2.32. The summed E-state index contributed by atoms with van der Waals surface area (Å²) in [7, 11) is 0. The molecule has 0 fully saturated rings. The number of thiazole rings is 1. The maximum atomic E-state index is 12.6. The molecule has 23 heavy (non-hydrogen) atoms. The van der Waals surface area contributed by atoms with Crippen LogP contribution in [0.5, 0.6) is 0 Å². The van der Waals surface area contributed by atoms with Crippen LogP contribution in [0.1, 0.15) is 10.4 Å². The quantitative estimate of drug-likeness (QED) is 0.740. The molecule has 2 aromatic heterocycles. The van der Waals surface area contributed by atoms with E-state index in [1.165, 1.54) is 16.0 Å². The molecule has 0 saturated carbocycles. The number of nitrogens with one attached hydrogen (secondary N) is 1. The van der Waals surface area contributed by atoms with Gasteiger partial charge in [-0.1, -0.05) is 11.6 Å². The molecule has 4 nitrogen and oxygen atoms in total. The smallest absolute Gasteiger partial charge is 0.380 e. The van der Waals surface area contributed by atoms with E-state index < -0.39 is 11.7 Å². The standard InChI is InChI=1S/C14H10ClF3N4S/c15-13-20-7-12(23-13)6-19-10-1-3-11(4-2-10)22-8-9(5-21-22)14(16,17)18/h1-5,7-8,19H,6H2. The molecule has 0 spiro atoms. The molecule has 0 amide bonds. The summed E-state index contributed by atoms with van der Waals surface area (Å²) in [4.78, 5) is 4.93. The van der Waals surface area contributed by atoms with E-state index >= 15 is 0 Å². The first-order valence-electron chi connectivity index (χ1n) is 6.48. The number of halogens is 4. The Kier molecular flexibility index (Phi) is 4.27. The van der Waals surface area contributed by atoms with Crippen molar-refractivity contribution < 1.29 is 13.2 Å². The summed E-state index contributed by atoms with van der Waals surface area (Å²) >= 11 is 7.14. The molecule has 2 heterocycles. The maximum absolute atomic E-state index is 12.6. The molecule has 3 aromatic rings. The van der Waals surface area contributed by atoms with E-state index in [1.54, 1.807) is 30.5 Å². The lowest BCUT2D eigenvalue weighted by Crippen LogP contribution is -2.03. The fraction of sp³-hybridized carbons (Fsp3) is 0.143. The van der Waals surface area contributed by atoms with Gasteiger partial charge >= 0.3 is 6.18 Å². The molecule has 120 valence electrons. The van der Waals surface area contributed by atoms with Gasteiger partial charge in [0.2, 0.25) is 0 Å². The highest BCUT2D eigenvalue weighted by Crippen LogP contribution is 2.29. The predicted octanol–water partition coefficient (Wildman–Crippen LogP) is 4.61. The van der Waals surface area contributed by atoms with Crippen LogP contribution >= 0.6 is 22.9 Å². The topological polar surface area (TPSA) is 42.7 Å². The monoisotopic (exact) mass is 358 g/mol. The molecule has 0 unspecified atom stereocenters. The normalized spacial score (nSPS) is 11.7. The summed E-state index contributed by atoms with van der Waals surface area (Å²) in [5, 5.41) is 6.92. The second-order valence-electron chi connectivity index (χ2n) is 4.65. The van der Waals surface area contributed by atoms with Gasteiger partial charge in [0.25, 0.3) is 0 Å². The fourth-order valence-corrected chi connectivity index (χ4v) is 2.81. The molecule has 3 rings (SSSR count). The van der Waals surface area contributed by atoms with Crippen molar-refractivity contribution in [3.63, 3.8) is 0 Å². The number of rotatable bonds is 4. The fourth-order valence-electron chi connectivity index (χ4n) is 1.90. The third-order valence-electron chi connectivity index (χ3n) is 3.03. The van der Waals surface area contributed by atoms with E-state index in [-0.39, 0.29) is 0 Å². The minimum Gasteiger partial charge on any atom is -0.380 e. The van der Waals surface area contributed by atoms with Crippen LogP contribution in [-0.4, -0.2) is 14.8 Å². The van der Waals surface area contributed by atoms with Crippen molar-refractivity contribution >= 4 is 28.6 Å². The zero-order valence-electron chi connectivity index (χ0n) is 11.5. The molecular weight excluding hydrogens is 349 g/mol. The lowest BCUT2D eigenvalue weighted by atomic mass is 10.2. The van der Waals surface area contributed by atoms with Crippen LogP contribution in [0, 0.1) is 0 Å². The van der Waals surface area contributed by atoms with E-state index in [2.05, 4.69) is 15.4 Å². The van der Waals surface area contributed by atoms with Gasteiger partial charge in [0.05, 0.1) is 24.0 Å². The minimum atomic E-state index is -4.39. The number of aromatic nitrogens is 3. The van der Waals surface area contributed by atoms with E-state index in [9.17, 15) is 13.2 Å². The van der Waals surface area contributed by atoms with Gasteiger partial charge in [-0.2, -0.15) is 18.3 Å². The van der Waals surface area contributed by atoms with E-state index in [0.717, 1.165) is 23.0 Å². The largest absolute Gasteiger partial charge is 0.419 e. The number of benzene rings is 1. The molecule has 1 aromatic carbocycles.